The molecule has 0 spiro atoms. The quantitative estimate of drug-likeness (QED) is 0.769. The number of carbonyl (C=O) groups excluding carboxylic acids is 1. The van der Waals surface area contributed by atoms with Crippen LogP contribution in [0, 0.1) is 11.8 Å². The lowest BCUT2D eigenvalue weighted by atomic mass is 9.88. The average molecular weight is 235 g/mol. The summed E-state index contributed by atoms with van der Waals surface area (Å²) in [6, 6.07) is 7.34. The summed E-state index contributed by atoms with van der Waals surface area (Å²) in [6.07, 6.45) is 0. The van der Waals surface area contributed by atoms with Gasteiger partial charge in [-0.1, -0.05) is 26.0 Å². The molecule has 0 saturated carbocycles. The number of ether oxygens (including phenoxy) is 1. The number of nitrogens with one attached hydrogen (secondary N) is 1. The van der Waals surface area contributed by atoms with Crippen LogP contribution in [0.15, 0.2) is 24.3 Å². The minimum atomic E-state index is 0.00658. The first-order valence-corrected chi connectivity index (χ1v) is 5.93. The van der Waals surface area contributed by atoms with Crippen molar-refractivity contribution >= 4 is 5.78 Å². The third kappa shape index (κ3) is 3.56. The van der Waals surface area contributed by atoms with E-state index in [-0.39, 0.29) is 11.7 Å². The number of hydrogen-bond donors (Lipinski definition) is 1. The minimum absolute atomic E-state index is 0.00658. The Morgan fingerprint density at radius 2 is 2.12 bits per heavy atom. The topological polar surface area (TPSA) is 38.3 Å². The van der Waals surface area contributed by atoms with Crippen LogP contribution in [0.1, 0.15) is 24.2 Å². The van der Waals surface area contributed by atoms with Gasteiger partial charge in [0.2, 0.25) is 0 Å². The van der Waals surface area contributed by atoms with Gasteiger partial charge in [0, 0.05) is 18.0 Å². The molecule has 0 aliphatic rings. The van der Waals surface area contributed by atoms with E-state index >= 15 is 0 Å². The van der Waals surface area contributed by atoms with Crippen LogP contribution >= 0.6 is 0 Å². The molecule has 1 unspecified atom stereocenters. The van der Waals surface area contributed by atoms with E-state index in [1.165, 1.54) is 0 Å². The summed E-state index contributed by atoms with van der Waals surface area (Å²) in [7, 11) is 3.48. The highest BCUT2D eigenvalue weighted by molar-refractivity contribution is 5.98. The van der Waals surface area contributed by atoms with Crippen molar-refractivity contribution in [3.05, 3.63) is 29.8 Å². The van der Waals surface area contributed by atoms with Crippen molar-refractivity contribution in [2.45, 2.75) is 13.8 Å². The number of benzene rings is 1. The van der Waals surface area contributed by atoms with Gasteiger partial charge in [-0.3, -0.25) is 4.79 Å². The molecule has 1 rings (SSSR count). The number of rotatable bonds is 6. The van der Waals surface area contributed by atoms with Crippen LogP contribution in [-0.2, 0) is 0 Å². The van der Waals surface area contributed by atoms with Crippen LogP contribution in [-0.4, -0.2) is 26.5 Å². The first-order valence-electron chi connectivity index (χ1n) is 5.93. The maximum atomic E-state index is 12.3. The number of ketones is 1. The van der Waals surface area contributed by atoms with Gasteiger partial charge in [0.25, 0.3) is 0 Å². The third-order valence-electron chi connectivity index (χ3n) is 2.92. The van der Waals surface area contributed by atoms with Crippen LogP contribution in [0.4, 0.5) is 0 Å². The summed E-state index contributed by atoms with van der Waals surface area (Å²) in [5.74, 6) is 1.23. The van der Waals surface area contributed by atoms with Crippen molar-refractivity contribution in [3.63, 3.8) is 0 Å². The normalized spacial score (nSPS) is 12.5. The number of carbonyl (C=O) groups is 1. The van der Waals surface area contributed by atoms with E-state index < -0.39 is 0 Å². The van der Waals surface area contributed by atoms with Crippen LogP contribution in [0.2, 0.25) is 0 Å². The molecule has 0 saturated heterocycles. The molecule has 1 aromatic rings. The molecule has 3 heteroatoms. The summed E-state index contributed by atoms with van der Waals surface area (Å²) in [5.41, 5.74) is 0.721. The molecular formula is C14H21NO2. The van der Waals surface area contributed by atoms with E-state index in [0.29, 0.717) is 12.5 Å². The average Bonchev–Trinajstić information content (AvgIpc) is 2.34. The first kappa shape index (κ1) is 13.7. The molecule has 0 aliphatic heterocycles. The van der Waals surface area contributed by atoms with Gasteiger partial charge in [-0.15, -0.1) is 0 Å². The molecule has 0 radical (unpaired) electrons. The lowest BCUT2D eigenvalue weighted by Crippen LogP contribution is -2.30. The van der Waals surface area contributed by atoms with Crippen molar-refractivity contribution < 1.29 is 9.53 Å². The smallest absolute Gasteiger partial charge is 0.167 e. The van der Waals surface area contributed by atoms with Crippen LogP contribution in [0.5, 0.6) is 5.75 Å². The Morgan fingerprint density at radius 1 is 1.41 bits per heavy atom. The van der Waals surface area contributed by atoms with Gasteiger partial charge >= 0.3 is 0 Å². The minimum Gasteiger partial charge on any atom is -0.497 e. The van der Waals surface area contributed by atoms with Crippen molar-refractivity contribution in [1.82, 2.24) is 5.32 Å². The monoisotopic (exact) mass is 235 g/mol. The highest BCUT2D eigenvalue weighted by atomic mass is 16.5. The summed E-state index contributed by atoms with van der Waals surface area (Å²) < 4.78 is 5.14. The standard InChI is InChI=1S/C14H21NO2/c1-10(2)13(9-15-3)14(16)11-6-5-7-12(8-11)17-4/h5-8,10,13,15H,9H2,1-4H3. The second-order valence-electron chi connectivity index (χ2n) is 4.50. The van der Waals surface area contributed by atoms with E-state index in [4.69, 9.17) is 4.74 Å². The number of hydrogen-bond acceptors (Lipinski definition) is 3. The predicted molar refractivity (Wildman–Crippen MR) is 69.6 cm³/mol. The van der Waals surface area contributed by atoms with Crippen LogP contribution < -0.4 is 10.1 Å². The van der Waals surface area contributed by atoms with Crippen molar-refractivity contribution in [3.8, 4) is 5.75 Å². The first-order chi connectivity index (χ1) is 8.10. The highest BCUT2D eigenvalue weighted by Gasteiger charge is 2.22. The SMILES string of the molecule is CNCC(C(=O)c1cccc(OC)c1)C(C)C. The Bertz CT molecular complexity index is 374. The maximum absolute atomic E-state index is 12.3. The molecule has 1 aromatic carbocycles. The van der Waals surface area contributed by atoms with Gasteiger partial charge in [0.1, 0.15) is 5.75 Å². The van der Waals surface area contributed by atoms with E-state index in [0.717, 1.165) is 11.3 Å². The van der Waals surface area contributed by atoms with Crippen molar-refractivity contribution in [1.29, 1.82) is 0 Å². The fraction of sp³-hybridized carbons (Fsp3) is 0.500. The molecule has 94 valence electrons. The van der Waals surface area contributed by atoms with E-state index in [1.54, 1.807) is 13.2 Å². The molecular weight excluding hydrogens is 214 g/mol. The summed E-state index contributed by atoms with van der Waals surface area (Å²) in [6.45, 7) is 4.84. The Morgan fingerprint density at radius 3 is 2.65 bits per heavy atom. The highest BCUT2D eigenvalue weighted by Crippen LogP contribution is 2.20. The number of Topliss-reactive ketones (excluding diaryl/α,β-unsaturated/α-hetero) is 1. The Labute approximate surface area is 103 Å². The number of methoxy groups -OCH3 is 1. The van der Waals surface area contributed by atoms with Crippen LogP contribution in [0.3, 0.4) is 0 Å². The molecule has 0 fully saturated rings. The van der Waals surface area contributed by atoms with Gasteiger partial charge in [-0.25, -0.2) is 0 Å². The summed E-state index contributed by atoms with van der Waals surface area (Å²) in [4.78, 5) is 12.3. The fourth-order valence-corrected chi connectivity index (χ4v) is 1.84. The van der Waals surface area contributed by atoms with Gasteiger partial charge < -0.3 is 10.1 Å². The third-order valence-corrected chi connectivity index (χ3v) is 2.92. The Balaban J connectivity index is 2.92. The largest absolute Gasteiger partial charge is 0.497 e. The molecule has 1 atom stereocenters. The Hall–Kier alpha value is -1.35. The second kappa shape index (κ2) is 6.40. The molecule has 3 nitrogen and oxygen atoms in total. The fourth-order valence-electron chi connectivity index (χ4n) is 1.84. The molecule has 0 aromatic heterocycles. The molecule has 1 N–H and O–H groups in total. The molecule has 0 bridgehead atoms. The molecule has 0 aliphatic carbocycles. The lowest BCUT2D eigenvalue weighted by molar-refractivity contribution is 0.0885. The molecule has 17 heavy (non-hydrogen) atoms. The van der Waals surface area contributed by atoms with Crippen molar-refractivity contribution in [2.75, 3.05) is 20.7 Å². The van der Waals surface area contributed by atoms with Gasteiger partial charge in [0.05, 0.1) is 7.11 Å². The molecule has 0 amide bonds. The zero-order chi connectivity index (χ0) is 12.8. The summed E-state index contributed by atoms with van der Waals surface area (Å²) in [5, 5.41) is 3.08. The zero-order valence-corrected chi connectivity index (χ0v) is 11.0. The van der Waals surface area contributed by atoms with E-state index in [9.17, 15) is 4.79 Å². The summed E-state index contributed by atoms with van der Waals surface area (Å²) >= 11 is 0. The predicted octanol–water partition coefficient (Wildman–Crippen LogP) is 2.37. The van der Waals surface area contributed by atoms with Crippen molar-refractivity contribution in [2.24, 2.45) is 11.8 Å². The maximum Gasteiger partial charge on any atom is 0.167 e. The van der Waals surface area contributed by atoms with Gasteiger partial charge in [-0.2, -0.15) is 0 Å². The van der Waals surface area contributed by atoms with E-state index in [2.05, 4.69) is 19.2 Å². The zero-order valence-electron chi connectivity index (χ0n) is 11.0. The molecule has 0 heterocycles. The Kier molecular flexibility index (Phi) is 5.16. The van der Waals surface area contributed by atoms with Gasteiger partial charge in [0.15, 0.2) is 5.78 Å². The van der Waals surface area contributed by atoms with Gasteiger partial charge in [-0.05, 0) is 25.1 Å². The lowest BCUT2D eigenvalue weighted by Gasteiger charge is -2.19. The van der Waals surface area contributed by atoms with Crippen LogP contribution in [0.25, 0.3) is 0 Å². The second-order valence-corrected chi connectivity index (χ2v) is 4.50. The van der Waals surface area contributed by atoms with E-state index in [1.807, 2.05) is 25.2 Å².